The number of ketones is 1. The SMILES string of the molecule is O=C(c1ccc2c(c1)CCCN2)c1ccccc1F. The van der Waals surface area contributed by atoms with Crippen LogP contribution in [0.5, 0.6) is 0 Å². The van der Waals surface area contributed by atoms with Crippen LogP contribution in [0.4, 0.5) is 10.1 Å². The number of hydrogen-bond donors (Lipinski definition) is 1. The van der Waals surface area contributed by atoms with Crippen LogP contribution in [0.15, 0.2) is 42.5 Å². The number of anilines is 1. The van der Waals surface area contributed by atoms with E-state index in [1.165, 1.54) is 12.1 Å². The van der Waals surface area contributed by atoms with Crippen LogP contribution in [-0.4, -0.2) is 12.3 Å². The fraction of sp³-hybridized carbons (Fsp3) is 0.188. The van der Waals surface area contributed by atoms with Crippen LogP contribution >= 0.6 is 0 Å². The van der Waals surface area contributed by atoms with Gasteiger partial charge in [0.15, 0.2) is 5.78 Å². The summed E-state index contributed by atoms with van der Waals surface area (Å²) in [6.45, 7) is 0.966. The Bertz CT molecular complexity index is 636. The maximum absolute atomic E-state index is 13.6. The lowest BCUT2D eigenvalue weighted by molar-refractivity contribution is 0.103. The molecule has 0 amide bonds. The van der Waals surface area contributed by atoms with Crippen LogP contribution in [0, 0.1) is 5.82 Å². The molecule has 0 radical (unpaired) electrons. The van der Waals surface area contributed by atoms with Gasteiger partial charge in [-0.25, -0.2) is 4.39 Å². The van der Waals surface area contributed by atoms with Gasteiger partial charge in [0.05, 0.1) is 5.56 Å². The molecule has 0 unspecified atom stereocenters. The second-order valence-electron chi connectivity index (χ2n) is 4.71. The van der Waals surface area contributed by atoms with Crippen LogP contribution in [-0.2, 0) is 6.42 Å². The Hall–Kier alpha value is -2.16. The van der Waals surface area contributed by atoms with Crippen LogP contribution in [0.1, 0.15) is 27.9 Å². The lowest BCUT2D eigenvalue weighted by Gasteiger charge is -2.18. The number of aryl methyl sites for hydroxylation is 1. The number of benzene rings is 2. The minimum Gasteiger partial charge on any atom is -0.385 e. The molecule has 1 N–H and O–H groups in total. The monoisotopic (exact) mass is 255 g/mol. The smallest absolute Gasteiger partial charge is 0.195 e. The Morgan fingerprint density at radius 2 is 2.00 bits per heavy atom. The van der Waals surface area contributed by atoms with Crippen molar-refractivity contribution in [3.8, 4) is 0 Å². The van der Waals surface area contributed by atoms with Gasteiger partial charge >= 0.3 is 0 Å². The molecule has 0 aromatic heterocycles. The van der Waals surface area contributed by atoms with Crippen molar-refractivity contribution in [1.29, 1.82) is 0 Å². The van der Waals surface area contributed by atoms with E-state index < -0.39 is 5.82 Å². The van der Waals surface area contributed by atoms with Gasteiger partial charge in [-0.15, -0.1) is 0 Å². The van der Waals surface area contributed by atoms with Gasteiger partial charge in [-0.05, 0) is 48.7 Å². The molecule has 3 heteroatoms. The van der Waals surface area contributed by atoms with Crippen LogP contribution < -0.4 is 5.32 Å². The van der Waals surface area contributed by atoms with Gasteiger partial charge in [0.1, 0.15) is 5.82 Å². The summed E-state index contributed by atoms with van der Waals surface area (Å²) in [6.07, 6.45) is 2.02. The first-order valence-corrected chi connectivity index (χ1v) is 6.42. The maximum atomic E-state index is 13.6. The summed E-state index contributed by atoms with van der Waals surface area (Å²) in [5.41, 5.74) is 2.89. The lowest BCUT2D eigenvalue weighted by atomic mass is 9.96. The number of fused-ring (bicyclic) bond motifs is 1. The number of hydrogen-bond acceptors (Lipinski definition) is 2. The van der Waals surface area contributed by atoms with Crippen molar-refractivity contribution in [3.05, 3.63) is 65.0 Å². The molecule has 1 heterocycles. The molecule has 1 aliphatic rings. The Morgan fingerprint density at radius 1 is 1.16 bits per heavy atom. The van der Waals surface area contributed by atoms with Gasteiger partial charge < -0.3 is 5.32 Å². The lowest BCUT2D eigenvalue weighted by Crippen LogP contribution is -2.13. The third-order valence-corrected chi connectivity index (χ3v) is 3.42. The van der Waals surface area contributed by atoms with Crippen molar-refractivity contribution in [2.45, 2.75) is 12.8 Å². The molecule has 0 aliphatic carbocycles. The van der Waals surface area contributed by atoms with Crippen molar-refractivity contribution in [1.82, 2.24) is 0 Å². The number of nitrogens with one attached hydrogen (secondary N) is 1. The Morgan fingerprint density at radius 3 is 2.84 bits per heavy atom. The van der Waals surface area contributed by atoms with E-state index in [-0.39, 0.29) is 11.3 Å². The van der Waals surface area contributed by atoms with E-state index in [4.69, 9.17) is 0 Å². The molecule has 2 aromatic rings. The largest absolute Gasteiger partial charge is 0.385 e. The molecule has 19 heavy (non-hydrogen) atoms. The normalized spacial score (nSPS) is 13.5. The third-order valence-electron chi connectivity index (χ3n) is 3.42. The Balaban J connectivity index is 1.98. The molecule has 0 bridgehead atoms. The van der Waals surface area contributed by atoms with Crippen molar-refractivity contribution >= 4 is 11.5 Å². The number of rotatable bonds is 2. The zero-order chi connectivity index (χ0) is 13.2. The standard InChI is InChI=1S/C16H14FNO/c17-14-6-2-1-5-13(14)16(19)12-7-8-15-11(10-12)4-3-9-18-15/h1-2,5-8,10,18H,3-4,9H2. The molecule has 0 saturated heterocycles. The molecule has 2 aromatic carbocycles. The van der Waals surface area contributed by atoms with E-state index in [1.54, 1.807) is 18.2 Å². The summed E-state index contributed by atoms with van der Waals surface area (Å²) in [7, 11) is 0. The highest BCUT2D eigenvalue weighted by Gasteiger charge is 2.16. The van der Waals surface area contributed by atoms with E-state index in [0.717, 1.165) is 30.6 Å². The second-order valence-corrected chi connectivity index (χ2v) is 4.71. The quantitative estimate of drug-likeness (QED) is 0.833. The second kappa shape index (κ2) is 4.84. The molecule has 0 saturated carbocycles. The first-order chi connectivity index (χ1) is 9.25. The Labute approximate surface area is 111 Å². The van der Waals surface area contributed by atoms with Gasteiger partial charge in [0.25, 0.3) is 0 Å². The Kier molecular flexibility index (Phi) is 3.03. The van der Waals surface area contributed by atoms with Crippen LogP contribution in [0.3, 0.4) is 0 Å². The first kappa shape index (κ1) is 11.9. The molecule has 96 valence electrons. The molecule has 1 aliphatic heterocycles. The molecule has 3 rings (SSSR count). The zero-order valence-corrected chi connectivity index (χ0v) is 10.4. The first-order valence-electron chi connectivity index (χ1n) is 6.42. The van der Waals surface area contributed by atoms with Crippen molar-refractivity contribution < 1.29 is 9.18 Å². The number of carbonyl (C=O) groups excluding carboxylic acids is 1. The van der Waals surface area contributed by atoms with E-state index in [9.17, 15) is 9.18 Å². The predicted octanol–water partition coefficient (Wildman–Crippen LogP) is 3.41. The van der Waals surface area contributed by atoms with Gasteiger partial charge in [-0.1, -0.05) is 12.1 Å². The van der Waals surface area contributed by atoms with E-state index in [1.807, 2.05) is 12.1 Å². The number of carbonyl (C=O) groups is 1. The molecule has 0 spiro atoms. The summed E-state index contributed by atoms with van der Waals surface area (Å²) in [5.74, 6) is -0.727. The summed E-state index contributed by atoms with van der Waals surface area (Å²) in [5, 5.41) is 3.29. The predicted molar refractivity (Wildman–Crippen MR) is 73.1 cm³/mol. The van der Waals surface area contributed by atoms with Crippen molar-refractivity contribution in [2.24, 2.45) is 0 Å². The van der Waals surface area contributed by atoms with Gasteiger partial charge in [-0.2, -0.15) is 0 Å². The molecule has 0 atom stereocenters. The fourth-order valence-corrected chi connectivity index (χ4v) is 2.42. The minimum atomic E-state index is -0.469. The van der Waals surface area contributed by atoms with E-state index in [2.05, 4.69) is 5.32 Å². The summed E-state index contributed by atoms with van der Waals surface area (Å²) in [4.78, 5) is 12.3. The minimum absolute atomic E-state index is 0.131. The molecule has 2 nitrogen and oxygen atoms in total. The van der Waals surface area contributed by atoms with E-state index >= 15 is 0 Å². The number of halogens is 1. The van der Waals surface area contributed by atoms with Gasteiger partial charge in [0.2, 0.25) is 0 Å². The van der Waals surface area contributed by atoms with Crippen LogP contribution in [0.25, 0.3) is 0 Å². The topological polar surface area (TPSA) is 29.1 Å². The molecular weight excluding hydrogens is 241 g/mol. The highest BCUT2D eigenvalue weighted by molar-refractivity contribution is 6.09. The maximum Gasteiger partial charge on any atom is 0.195 e. The van der Waals surface area contributed by atoms with Crippen molar-refractivity contribution in [2.75, 3.05) is 11.9 Å². The summed E-state index contributed by atoms with van der Waals surface area (Å²) >= 11 is 0. The van der Waals surface area contributed by atoms with Crippen molar-refractivity contribution in [3.63, 3.8) is 0 Å². The highest BCUT2D eigenvalue weighted by Crippen LogP contribution is 2.24. The molecule has 0 fully saturated rings. The zero-order valence-electron chi connectivity index (χ0n) is 10.4. The third kappa shape index (κ3) is 2.24. The van der Waals surface area contributed by atoms with Crippen LogP contribution in [0.2, 0.25) is 0 Å². The average molecular weight is 255 g/mol. The average Bonchev–Trinajstić information content (AvgIpc) is 2.46. The highest BCUT2D eigenvalue weighted by atomic mass is 19.1. The van der Waals surface area contributed by atoms with Gasteiger partial charge in [0, 0.05) is 17.8 Å². The van der Waals surface area contributed by atoms with Gasteiger partial charge in [-0.3, -0.25) is 4.79 Å². The summed E-state index contributed by atoms with van der Waals surface area (Å²) < 4.78 is 13.6. The van der Waals surface area contributed by atoms with E-state index in [0.29, 0.717) is 5.56 Å². The fourth-order valence-electron chi connectivity index (χ4n) is 2.42. The molecular formula is C16H14FNO. The summed E-state index contributed by atoms with van der Waals surface area (Å²) in [6, 6.07) is 11.6.